The molecule has 3 rings (SSSR count). The molecule has 3 heterocycles. The van der Waals surface area contributed by atoms with E-state index in [1.807, 2.05) is 31.2 Å². The van der Waals surface area contributed by atoms with E-state index in [2.05, 4.69) is 20.5 Å². The number of pyridine rings is 1. The van der Waals surface area contributed by atoms with Crippen LogP contribution in [0.4, 0.5) is 0 Å². The molecule has 2 atom stereocenters. The molecule has 2 aromatic rings. The number of hydrogen-bond donors (Lipinski definition) is 2. The Kier molecular flexibility index (Phi) is 6.01. The van der Waals surface area contributed by atoms with Gasteiger partial charge in [0.2, 0.25) is 11.8 Å². The Morgan fingerprint density at radius 2 is 2.23 bits per heavy atom. The van der Waals surface area contributed by atoms with Gasteiger partial charge in [-0.25, -0.2) is 0 Å². The Labute approximate surface area is 152 Å². The molecule has 1 fully saturated rings. The number of nitrogens with zero attached hydrogens (tertiary/aromatic N) is 2. The lowest BCUT2D eigenvalue weighted by atomic mass is 10.1. The second-order valence-electron chi connectivity index (χ2n) is 6.46. The van der Waals surface area contributed by atoms with Crippen molar-refractivity contribution in [3.05, 3.63) is 54.2 Å². The van der Waals surface area contributed by atoms with Gasteiger partial charge in [-0.1, -0.05) is 6.07 Å². The first-order valence-electron chi connectivity index (χ1n) is 8.88. The number of nitrogens with one attached hydrogen (secondary N) is 2. The molecule has 1 aliphatic rings. The molecule has 0 aliphatic carbocycles. The van der Waals surface area contributed by atoms with Gasteiger partial charge in [0.15, 0.2) is 0 Å². The molecule has 0 spiro atoms. The van der Waals surface area contributed by atoms with Gasteiger partial charge < -0.3 is 15.1 Å². The lowest BCUT2D eigenvalue weighted by Crippen LogP contribution is -2.42. The van der Waals surface area contributed by atoms with Crippen molar-refractivity contribution in [2.24, 2.45) is 0 Å². The molecule has 2 unspecified atom stereocenters. The fraction of sp³-hybridized carbons (Fsp3) is 0.421. The molecule has 26 heavy (non-hydrogen) atoms. The van der Waals surface area contributed by atoms with Crippen molar-refractivity contribution in [1.29, 1.82) is 0 Å². The van der Waals surface area contributed by atoms with Crippen molar-refractivity contribution in [3.63, 3.8) is 0 Å². The highest BCUT2D eigenvalue weighted by Crippen LogP contribution is 2.21. The number of furan rings is 1. The fourth-order valence-electron chi connectivity index (χ4n) is 3.32. The number of rotatable bonds is 7. The van der Waals surface area contributed by atoms with Gasteiger partial charge in [0, 0.05) is 31.5 Å². The van der Waals surface area contributed by atoms with Crippen molar-refractivity contribution in [3.8, 4) is 0 Å². The van der Waals surface area contributed by atoms with E-state index in [1.165, 1.54) is 0 Å². The van der Waals surface area contributed by atoms with Crippen molar-refractivity contribution in [1.82, 2.24) is 20.5 Å². The van der Waals surface area contributed by atoms with E-state index < -0.39 is 0 Å². The Morgan fingerprint density at radius 1 is 1.35 bits per heavy atom. The summed E-state index contributed by atoms with van der Waals surface area (Å²) in [6.07, 6.45) is 5.87. The molecule has 1 saturated heterocycles. The van der Waals surface area contributed by atoms with Crippen LogP contribution in [0.1, 0.15) is 24.7 Å². The summed E-state index contributed by atoms with van der Waals surface area (Å²) in [4.78, 5) is 30.8. The third-order valence-corrected chi connectivity index (χ3v) is 4.45. The molecule has 138 valence electrons. The third-order valence-electron chi connectivity index (χ3n) is 4.45. The molecular formula is C19H24N4O3. The second-order valence-corrected chi connectivity index (χ2v) is 6.46. The van der Waals surface area contributed by atoms with Crippen LogP contribution < -0.4 is 10.6 Å². The normalized spacial score (nSPS) is 20.0. The molecule has 7 heteroatoms. The Hall–Kier alpha value is -2.67. The van der Waals surface area contributed by atoms with Crippen LogP contribution in [0, 0.1) is 0 Å². The molecule has 0 bridgehead atoms. The molecular weight excluding hydrogens is 332 g/mol. The predicted octanol–water partition coefficient (Wildman–Crippen LogP) is 1.11. The number of aromatic nitrogens is 1. The zero-order chi connectivity index (χ0) is 18.4. The van der Waals surface area contributed by atoms with Gasteiger partial charge in [-0.3, -0.25) is 19.5 Å². The van der Waals surface area contributed by atoms with Crippen LogP contribution in [0.3, 0.4) is 0 Å². The van der Waals surface area contributed by atoms with Gasteiger partial charge >= 0.3 is 0 Å². The summed E-state index contributed by atoms with van der Waals surface area (Å²) in [5.41, 5.74) is 0.871. The van der Waals surface area contributed by atoms with Gasteiger partial charge in [0.1, 0.15) is 5.76 Å². The average Bonchev–Trinajstić information content (AvgIpc) is 3.26. The number of likely N-dealkylation sites (N-methyl/N-ethyl adjacent to an activating group) is 1. The van der Waals surface area contributed by atoms with Crippen molar-refractivity contribution in [2.45, 2.75) is 38.4 Å². The standard InChI is InChI=1S/C19H24N4O3/c1-2-21-19(25)17-10-15(12-23(17)13-16-6-4-8-26-16)22-18(24)9-14-5-3-7-20-11-14/h3-8,11,15,17H,2,9-10,12-13H2,1H3,(H,21,25)(H,22,24). The van der Waals surface area contributed by atoms with Crippen molar-refractivity contribution in [2.75, 3.05) is 13.1 Å². The van der Waals surface area contributed by atoms with Crippen molar-refractivity contribution < 1.29 is 14.0 Å². The number of hydrogen-bond acceptors (Lipinski definition) is 5. The lowest BCUT2D eigenvalue weighted by molar-refractivity contribution is -0.125. The van der Waals surface area contributed by atoms with E-state index in [0.717, 1.165) is 11.3 Å². The molecule has 2 N–H and O–H groups in total. The van der Waals surface area contributed by atoms with Crippen LogP contribution >= 0.6 is 0 Å². The van der Waals surface area contributed by atoms with Gasteiger partial charge in [0.05, 0.1) is 25.3 Å². The lowest BCUT2D eigenvalue weighted by Gasteiger charge is -2.22. The molecule has 1 aliphatic heterocycles. The number of amides is 2. The summed E-state index contributed by atoms with van der Waals surface area (Å²) >= 11 is 0. The summed E-state index contributed by atoms with van der Waals surface area (Å²) in [5, 5.41) is 5.92. The minimum atomic E-state index is -0.274. The topological polar surface area (TPSA) is 87.5 Å². The highest BCUT2D eigenvalue weighted by atomic mass is 16.3. The predicted molar refractivity (Wildman–Crippen MR) is 96.1 cm³/mol. The first-order chi connectivity index (χ1) is 12.7. The SMILES string of the molecule is CCNC(=O)C1CC(NC(=O)Cc2cccnc2)CN1Cc1ccco1. The Balaban J connectivity index is 1.61. The highest BCUT2D eigenvalue weighted by Gasteiger charge is 2.37. The van der Waals surface area contributed by atoms with Crippen LogP contribution in [-0.4, -0.2) is 46.9 Å². The highest BCUT2D eigenvalue weighted by molar-refractivity contribution is 5.83. The first kappa shape index (κ1) is 18.1. The number of likely N-dealkylation sites (tertiary alicyclic amines) is 1. The first-order valence-corrected chi connectivity index (χ1v) is 8.88. The minimum Gasteiger partial charge on any atom is -0.468 e. The van der Waals surface area contributed by atoms with Crippen LogP contribution in [0.25, 0.3) is 0 Å². The Bertz CT molecular complexity index is 718. The monoisotopic (exact) mass is 356 g/mol. The maximum atomic E-state index is 12.4. The zero-order valence-corrected chi connectivity index (χ0v) is 14.9. The maximum absolute atomic E-state index is 12.4. The molecule has 2 aromatic heterocycles. The number of carbonyl (C=O) groups is 2. The number of carbonyl (C=O) groups excluding carboxylic acids is 2. The summed E-state index contributed by atoms with van der Waals surface area (Å²) in [7, 11) is 0. The van der Waals surface area contributed by atoms with Crippen molar-refractivity contribution >= 4 is 11.8 Å². The van der Waals surface area contributed by atoms with Crippen LogP contribution in [-0.2, 0) is 22.6 Å². The maximum Gasteiger partial charge on any atom is 0.237 e. The molecule has 0 aromatic carbocycles. The minimum absolute atomic E-state index is 0.0111. The van der Waals surface area contributed by atoms with E-state index in [-0.39, 0.29) is 30.3 Å². The largest absolute Gasteiger partial charge is 0.468 e. The Morgan fingerprint density at radius 3 is 2.92 bits per heavy atom. The van der Waals surface area contributed by atoms with E-state index in [0.29, 0.717) is 26.1 Å². The van der Waals surface area contributed by atoms with E-state index >= 15 is 0 Å². The van der Waals surface area contributed by atoms with Crippen LogP contribution in [0.15, 0.2) is 47.3 Å². The van der Waals surface area contributed by atoms with Gasteiger partial charge in [-0.2, -0.15) is 0 Å². The summed E-state index contributed by atoms with van der Waals surface area (Å²) < 4.78 is 5.41. The summed E-state index contributed by atoms with van der Waals surface area (Å²) in [6.45, 7) is 3.64. The smallest absolute Gasteiger partial charge is 0.237 e. The summed E-state index contributed by atoms with van der Waals surface area (Å²) in [6, 6.07) is 7.07. The quantitative estimate of drug-likeness (QED) is 0.776. The van der Waals surface area contributed by atoms with E-state index in [4.69, 9.17) is 4.42 Å². The van der Waals surface area contributed by atoms with E-state index in [1.54, 1.807) is 18.7 Å². The second kappa shape index (κ2) is 8.62. The molecule has 2 amide bonds. The van der Waals surface area contributed by atoms with Gasteiger partial charge in [-0.05, 0) is 37.1 Å². The summed E-state index contributed by atoms with van der Waals surface area (Å²) in [5.74, 6) is 0.738. The molecule has 7 nitrogen and oxygen atoms in total. The van der Waals surface area contributed by atoms with E-state index in [9.17, 15) is 9.59 Å². The molecule has 0 radical (unpaired) electrons. The molecule has 0 saturated carbocycles. The third kappa shape index (κ3) is 4.70. The van der Waals surface area contributed by atoms with Gasteiger partial charge in [0.25, 0.3) is 0 Å². The average molecular weight is 356 g/mol. The fourth-order valence-corrected chi connectivity index (χ4v) is 3.32. The van der Waals surface area contributed by atoms with Gasteiger partial charge in [-0.15, -0.1) is 0 Å². The van der Waals surface area contributed by atoms with Crippen LogP contribution in [0.5, 0.6) is 0 Å². The zero-order valence-electron chi connectivity index (χ0n) is 14.9. The van der Waals surface area contributed by atoms with Crippen LogP contribution in [0.2, 0.25) is 0 Å².